The van der Waals surface area contributed by atoms with Crippen LogP contribution < -0.4 is 4.90 Å². The van der Waals surface area contributed by atoms with Gasteiger partial charge in [0.25, 0.3) is 5.91 Å². The highest BCUT2D eigenvalue weighted by Gasteiger charge is 2.46. The van der Waals surface area contributed by atoms with E-state index < -0.39 is 29.3 Å². The molecule has 0 saturated carbocycles. The first-order chi connectivity index (χ1) is 15.3. The number of thiazole rings is 1. The smallest absolute Gasteiger partial charge is 0.296 e. The van der Waals surface area contributed by atoms with Gasteiger partial charge in [0.1, 0.15) is 11.6 Å². The van der Waals surface area contributed by atoms with Gasteiger partial charge in [0, 0.05) is 0 Å². The van der Waals surface area contributed by atoms with Crippen LogP contribution in [-0.4, -0.2) is 21.8 Å². The van der Waals surface area contributed by atoms with Crippen molar-refractivity contribution in [2.75, 3.05) is 4.90 Å². The lowest BCUT2D eigenvalue weighted by Crippen LogP contribution is -2.31. The Kier molecular flexibility index (Phi) is 4.67. The Morgan fingerprint density at radius 3 is 2.66 bits per heavy atom. The highest BCUT2D eigenvalue weighted by molar-refractivity contribution is 7.22. The number of furan rings is 1. The summed E-state index contributed by atoms with van der Waals surface area (Å²) in [5, 5.41) is 11.1. The van der Waals surface area contributed by atoms with E-state index in [-0.39, 0.29) is 16.5 Å². The maximum absolute atomic E-state index is 13.7. The van der Waals surface area contributed by atoms with Crippen molar-refractivity contribution in [3.8, 4) is 0 Å². The molecule has 0 aliphatic carbocycles. The molecule has 2 aromatic heterocycles. The Morgan fingerprint density at radius 1 is 1.16 bits per heavy atom. The number of amides is 1. The fourth-order valence-corrected chi connectivity index (χ4v) is 4.92. The van der Waals surface area contributed by atoms with Crippen molar-refractivity contribution in [3.63, 3.8) is 0 Å². The minimum absolute atomic E-state index is 0.0312. The van der Waals surface area contributed by atoms with Crippen LogP contribution in [0.4, 0.5) is 9.52 Å². The molecular formula is C24H17FN2O4S. The van der Waals surface area contributed by atoms with Crippen molar-refractivity contribution in [3.05, 3.63) is 94.4 Å². The van der Waals surface area contributed by atoms with E-state index in [9.17, 15) is 19.1 Å². The molecule has 32 heavy (non-hydrogen) atoms. The van der Waals surface area contributed by atoms with Gasteiger partial charge in [0.2, 0.25) is 5.78 Å². The van der Waals surface area contributed by atoms with Gasteiger partial charge in [0.05, 0.1) is 21.8 Å². The number of halogens is 1. The molecule has 0 fully saturated rings. The van der Waals surface area contributed by atoms with E-state index in [4.69, 9.17) is 4.42 Å². The largest absolute Gasteiger partial charge is 0.503 e. The summed E-state index contributed by atoms with van der Waals surface area (Å²) in [5.41, 5.74) is 1.94. The molecular weight excluding hydrogens is 431 g/mol. The third-order valence-electron chi connectivity index (χ3n) is 5.45. The zero-order valence-corrected chi connectivity index (χ0v) is 17.9. The van der Waals surface area contributed by atoms with E-state index in [1.807, 2.05) is 19.1 Å². The second kappa shape index (κ2) is 7.42. The number of aliphatic hydroxyl groups excluding tert-OH is 1. The number of aliphatic hydroxyl groups is 1. The summed E-state index contributed by atoms with van der Waals surface area (Å²) in [5.74, 6) is -1.82. The molecule has 1 amide bonds. The monoisotopic (exact) mass is 448 g/mol. The third-order valence-corrected chi connectivity index (χ3v) is 6.46. The number of ketones is 1. The Bertz CT molecular complexity index is 1430. The summed E-state index contributed by atoms with van der Waals surface area (Å²) in [7, 11) is 0. The number of carbonyl (C=O) groups excluding carboxylic acids is 2. The fourth-order valence-electron chi connectivity index (χ4n) is 3.90. The summed E-state index contributed by atoms with van der Waals surface area (Å²) >= 11 is 1.11. The number of carbonyl (C=O) groups is 2. The number of aryl methyl sites for hydroxylation is 2. The predicted octanol–water partition coefficient (Wildman–Crippen LogP) is 5.43. The van der Waals surface area contributed by atoms with Gasteiger partial charge in [-0.15, -0.1) is 0 Å². The van der Waals surface area contributed by atoms with Crippen LogP contribution in [0.2, 0.25) is 0 Å². The molecule has 1 aliphatic rings. The van der Waals surface area contributed by atoms with Gasteiger partial charge >= 0.3 is 0 Å². The normalized spacial score (nSPS) is 16.4. The minimum atomic E-state index is -0.910. The van der Waals surface area contributed by atoms with Crippen LogP contribution in [0.5, 0.6) is 0 Å². The molecule has 160 valence electrons. The van der Waals surface area contributed by atoms with Crippen LogP contribution in [0.1, 0.15) is 33.5 Å². The van der Waals surface area contributed by atoms with Gasteiger partial charge in [-0.05, 0) is 55.3 Å². The quantitative estimate of drug-likeness (QED) is 0.421. The van der Waals surface area contributed by atoms with Gasteiger partial charge in [-0.2, -0.15) is 0 Å². The number of nitrogens with zero attached hydrogens (tertiary/aromatic N) is 2. The first-order valence-corrected chi connectivity index (χ1v) is 10.7. The average molecular weight is 448 g/mol. The lowest BCUT2D eigenvalue weighted by molar-refractivity contribution is -0.117. The standard InChI is InChI=1S/C24H17FN2O4S/c1-12-5-3-4-6-15(12)20-19(21(28)17-10-7-13(2)31-17)22(29)23(30)27(20)24-26-16-9-8-14(25)11-18(16)32-24/h3-11,20,29H,1-2H3. The van der Waals surface area contributed by atoms with E-state index >= 15 is 0 Å². The number of aromatic nitrogens is 1. The van der Waals surface area contributed by atoms with Crippen LogP contribution in [0, 0.1) is 19.7 Å². The highest BCUT2D eigenvalue weighted by Crippen LogP contribution is 2.45. The van der Waals surface area contributed by atoms with Crippen LogP contribution in [-0.2, 0) is 4.79 Å². The number of fused-ring (bicyclic) bond motifs is 1. The number of rotatable bonds is 4. The molecule has 1 N–H and O–H groups in total. The average Bonchev–Trinajstić information content (AvgIpc) is 3.44. The van der Waals surface area contributed by atoms with Gasteiger partial charge in [-0.1, -0.05) is 35.6 Å². The lowest BCUT2D eigenvalue weighted by atomic mass is 9.92. The van der Waals surface area contributed by atoms with Crippen LogP contribution >= 0.6 is 11.3 Å². The summed E-state index contributed by atoms with van der Waals surface area (Å²) in [6, 6.07) is 13.7. The number of hydrogen-bond donors (Lipinski definition) is 1. The summed E-state index contributed by atoms with van der Waals surface area (Å²) in [6.07, 6.45) is 0. The molecule has 2 aromatic carbocycles. The highest BCUT2D eigenvalue weighted by atomic mass is 32.1. The molecule has 3 heterocycles. The molecule has 6 nitrogen and oxygen atoms in total. The summed E-state index contributed by atoms with van der Waals surface area (Å²) in [6.45, 7) is 3.57. The fraction of sp³-hybridized carbons (Fsp3) is 0.125. The molecule has 0 bridgehead atoms. The SMILES string of the molecule is Cc1ccc(C(=O)C2=C(O)C(=O)N(c3nc4ccc(F)cc4s3)C2c2ccccc2C)o1. The molecule has 0 radical (unpaired) electrons. The summed E-state index contributed by atoms with van der Waals surface area (Å²) < 4.78 is 19.7. The molecule has 4 aromatic rings. The Balaban J connectivity index is 1.70. The molecule has 5 rings (SSSR count). The lowest BCUT2D eigenvalue weighted by Gasteiger charge is -2.25. The molecule has 0 saturated heterocycles. The van der Waals surface area contributed by atoms with E-state index in [2.05, 4.69) is 4.98 Å². The molecule has 1 atom stereocenters. The van der Waals surface area contributed by atoms with Crippen LogP contribution in [0.25, 0.3) is 10.2 Å². The molecule has 1 aliphatic heterocycles. The zero-order valence-electron chi connectivity index (χ0n) is 17.1. The minimum Gasteiger partial charge on any atom is -0.503 e. The second-order valence-corrected chi connectivity index (χ2v) is 8.55. The van der Waals surface area contributed by atoms with Crippen molar-refractivity contribution in [2.45, 2.75) is 19.9 Å². The maximum atomic E-state index is 13.7. The number of benzene rings is 2. The van der Waals surface area contributed by atoms with E-state index in [1.165, 1.54) is 29.2 Å². The third kappa shape index (κ3) is 3.11. The van der Waals surface area contributed by atoms with Crippen molar-refractivity contribution in [1.82, 2.24) is 4.98 Å². The molecule has 1 unspecified atom stereocenters. The Morgan fingerprint density at radius 2 is 1.94 bits per heavy atom. The van der Waals surface area contributed by atoms with E-state index in [1.54, 1.807) is 25.1 Å². The number of hydrogen-bond acceptors (Lipinski definition) is 6. The van der Waals surface area contributed by atoms with Gasteiger partial charge in [-0.25, -0.2) is 9.37 Å². The van der Waals surface area contributed by atoms with Crippen LogP contribution in [0.15, 0.2) is 70.3 Å². The maximum Gasteiger partial charge on any atom is 0.296 e. The molecule has 8 heteroatoms. The van der Waals surface area contributed by atoms with E-state index in [0.29, 0.717) is 21.5 Å². The van der Waals surface area contributed by atoms with Crippen molar-refractivity contribution < 1.29 is 23.5 Å². The number of Topliss-reactive ketones (excluding diaryl/α,β-unsaturated/α-hetero) is 1. The first-order valence-electron chi connectivity index (χ1n) is 9.84. The van der Waals surface area contributed by atoms with Gasteiger partial charge < -0.3 is 9.52 Å². The van der Waals surface area contributed by atoms with Crippen molar-refractivity contribution >= 4 is 38.4 Å². The Hall–Kier alpha value is -3.78. The zero-order chi connectivity index (χ0) is 22.6. The topological polar surface area (TPSA) is 83.6 Å². The second-order valence-electron chi connectivity index (χ2n) is 7.54. The first kappa shape index (κ1) is 20.1. The molecule has 0 spiro atoms. The van der Waals surface area contributed by atoms with Crippen molar-refractivity contribution in [1.29, 1.82) is 0 Å². The predicted molar refractivity (Wildman–Crippen MR) is 118 cm³/mol. The van der Waals surface area contributed by atoms with Gasteiger partial charge in [0.15, 0.2) is 16.7 Å². The van der Waals surface area contributed by atoms with E-state index in [0.717, 1.165) is 16.9 Å². The summed E-state index contributed by atoms with van der Waals surface area (Å²) in [4.78, 5) is 32.3. The number of anilines is 1. The Labute approximate surface area is 186 Å². The van der Waals surface area contributed by atoms with Crippen LogP contribution in [0.3, 0.4) is 0 Å². The van der Waals surface area contributed by atoms with Gasteiger partial charge in [-0.3, -0.25) is 14.5 Å². The van der Waals surface area contributed by atoms with Crippen molar-refractivity contribution in [2.24, 2.45) is 0 Å².